The Bertz CT molecular complexity index is 363. The Morgan fingerprint density at radius 3 is 2.38 bits per heavy atom. The smallest absolute Gasteiger partial charge is 0.368 e. The number of allylic oxidation sites excluding steroid dienone is 1. The molecule has 3 nitrogen and oxygen atoms in total. The highest BCUT2D eigenvalue weighted by Gasteiger charge is 2.30. The van der Waals surface area contributed by atoms with Crippen LogP contribution in [-0.4, -0.2) is 27.9 Å². The highest BCUT2D eigenvalue weighted by atomic mass is 32.2. The van der Waals surface area contributed by atoms with Gasteiger partial charge >= 0.3 is 5.30 Å². The van der Waals surface area contributed by atoms with E-state index in [1.165, 1.54) is 11.8 Å². The molecule has 1 aliphatic carbocycles. The van der Waals surface area contributed by atoms with Crippen LogP contribution in [0.15, 0.2) is 12.2 Å². The molecule has 0 radical (unpaired) electrons. The number of ether oxygens (including phenoxy) is 2. The van der Waals surface area contributed by atoms with Gasteiger partial charge in [-0.2, -0.15) is 0 Å². The predicted octanol–water partition coefficient (Wildman–Crippen LogP) is 5.34. The van der Waals surface area contributed by atoms with E-state index in [0.29, 0.717) is 0 Å². The van der Waals surface area contributed by atoms with Crippen molar-refractivity contribution < 1.29 is 14.3 Å². The normalized spacial score (nSPS) is 25.8. The molecule has 2 unspecified atom stereocenters. The molecule has 4 heteroatoms. The van der Waals surface area contributed by atoms with Gasteiger partial charge in [-0.3, -0.25) is 0 Å². The second-order valence-corrected chi connectivity index (χ2v) is 9.29. The van der Waals surface area contributed by atoms with Crippen molar-refractivity contribution in [1.82, 2.24) is 0 Å². The van der Waals surface area contributed by atoms with Gasteiger partial charge in [0.15, 0.2) is 0 Å². The molecule has 21 heavy (non-hydrogen) atoms. The quantitative estimate of drug-likeness (QED) is 0.509. The molecule has 2 atom stereocenters. The van der Waals surface area contributed by atoms with Gasteiger partial charge in [-0.05, 0) is 57.9 Å². The largest absolute Gasteiger partial charge is 0.447 e. The summed E-state index contributed by atoms with van der Waals surface area (Å²) in [6.07, 6.45) is 8.00. The first kappa shape index (κ1) is 18.6. The topological polar surface area (TPSA) is 35.5 Å². The van der Waals surface area contributed by atoms with Crippen LogP contribution < -0.4 is 0 Å². The summed E-state index contributed by atoms with van der Waals surface area (Å²) in [6.45, 7) is 12.1. The minimum absolute atomic E-state index is 0.0638. The lowest BCUT2D eigenvalue weighted by molar-refractivity contribution is -0.102. The van der Waals surface area contributed by atoms with Crippen molar-refractivity contribution in [3.63, 3.8) is 0 Å². The van der Waals surface area contributed by atoms with Gasteiger partial charge in [0.1, 0.15) is 6.10 Å². The van der Waals surface area contributed by atoms with Crippen LogP contribution in [0.25, 0.3) is 0 Å². The first-order valence-electron chi connectivity index (χ1n) is 7.81. The first-order valence-corrected chi connectivity index (χ1v) is 8.63. The van der Waals surface area contributed by atoms with Crippen LogP contribution in [0.3, 0.4) is 0 Å². The summed E-state index contributed by atoms with van der Waals surface area (Å²) < 4.78 is 11.7. The minimum atomic E-state index is -0.285. The third-order valence-corrected chi connectivity index (χ3v) is 3.80. The van der Waals surface area contributed by atoms with E-state index in [1.807, 2.05) is 47.6 Å². The predicted molar refractivity (Wildman–Crippen MR) is 89.8 cm³/mol. The lowest BCUT2D eigenvalue weighted by atomic mass is 10.00. The Hall–Kier alpha value is -0.480. The third-order valence-electron chi connectivity index (χ3n) is 2.93. The highest BCUT2D eigenvalue weighted by Crippen LogP contribution is 2.28. The molecule has 0 spiro atoms. The van der Waals surface area contributed by atoms with Crippen molar-refractivity contribution in [3.8, 4) is 0 Å². The van der Waals surface area contributed by atoms with E-state index in [1.54, 1.807) is 0 Å². The summed E-state index contributed by atoms with van der Waals surface area (Å²) in [6, 6.07) is 0. The van der Waals surface area contributed by atoms with Crippen molar-refractivity contribution in [3.05, 3.63) is 12.2 Å². The minimum Gasteiger partial charge on any atom is -0.447 e. The second-order valence-electron chi connectivity index (χ2n) is 7.53. The summed E-state index contributed by atoms with van der Waals surface area (Å²) in [5, 5.41) is -0.222. The van der Waals surface area contributed by atoms with Gasteiger partial charge in [-0.25, -0.2) is 4.79 Å². The molecular weight excluding hydrogens is 284 g/mol. The van der Waals surface area contributed by atoms with Crippen LogP contribution in [0.4, 0.5) is 4.79 Å². The molecule has 0 aromatic heterocycles. The summed E-state index contributed by atoms with van der Waals surface area (Å²) in [5.74, 6) is 0. The van der Waals surface area contributed by atoms with Crippen molar-refractivity contribution in [2.75, 3.05) is 0 Å². The van der Waals surface area contributed by atoms with Crippen molar-refractivity contribution in [2.45, 2.75) is 89.8 Å². The Labute approximate surface area is 133 Å². The fraction of sp³-hybridized carbons (Fsp3) is 0.824. The monoisotopic (exact) mass is 314 g/mol. The van der Waals surface area contributed by atoms with E-state index in [2.05, 4.69) is 6.08 Å². The molecule has 0 fully saturated rings. The molecule has 1 aliphatic rings. The first-order chi connectivity index (χ1) is 9.57. The molecule has 0 aliphatic heterocycles. The average Bonchev–Trinajstić information content (AvgIpc) is 2.23. The lowest BCUT2D eigenvalue weighted by Gasteiger charge is -2.32. The van der Waals surface area contributed by atoms with Gasteiger partial charge in [-0.1, -0.05) is 33.3 Å². The zero-order chi connectivity index (χ0) is 16.1. The number of carbonyl (C=O) groups is 1. The maximum absolute atomic E-state index is 12.1. The standard InChI is InChI=1S/C17H30O3S/c1-16(2,3)20-14-12-10-8-7-9-11-13(14)19-15(18)21-17(4,5)6/h9,11,13-14H,7-8,10,12H2,1-6H3/b11-9+. The van der Waals surface area contributed by atoms with Crippen LogP contribution in [-0.2, 0) is 9.47 Å². The van der Waals surface area contributed by atoms with Crippen LogP contribution >= 0.6 is 11.8 Å². The summed E-state index contributed by atoms with van der Waals surface area (Å²) >= 11 is 1.23. The fourth-order valence-electron chi connectivity index (χ4n) is 2.21. The maximum Gasteiger partial charge on any atom is 0.368 e. The van der Waals surface area contributed by atoms with Crippen LogP contribution in [0.1, 0.15) is 67.2 Å². The van der Waals surface area contributed by atoms with E-state index in [4.69, 9.17) is 9.47 Å². The summed E-state index contributed by atoms with van der Waals surface area (Å²) in [4.78, 5) is 12.1. The van der Waals surface area contributed by atoms with Crippen molar-refractivity contribution in [2.24, 2.45) is 0 Å². The third kappa shape index (κ3) is 8.52. The summed E-state index contributed by atoms with van der Waals surface area (Å²) in [5.41, 5.74) is -0.237. The molecule has 0 bridgehead atoms. The van der Waals surface area contributed by atoms with E-state index in [9.17, 15) is 4.79 Å². The average molecular weight is 314 g/mol. The Balaban J connectivity index is 2.74. The van der Waals surface area contributed by atoms with Gasteiger partial charge in [-0.15, -0.1) is 0 Å². The molecule has 0 aromatic carbocycles. The highest BCUT2D eigenvalue weighted by molar-refractivity contribution is 8.14. The van der Waals surface area contributed by atoms with Gasteiger partial charge in [0.2, 0.25) is 0 Å². The van der Waals surface area contributed by atoms with Gasteiger partial charge < -0.3 is 9.47 Å². The van der Waals surface area contributed by atoms with Gasteiger partial charge in [0, 0.05) is 4.75 Å². The van der Waals surface area contributed by atoms with Crippen molar-refractivity contribution >= 4 is 17.1 Å². The number of hydrogen-bond donors (Lipinski definition) is 0. The molecule has 0 saturated heterocycles. The Kier molecular flexibility index (Phi) is 6.79. The second kappa shape index (κ2) is 7.68. The molecule has 0 N–H and O–H groups in total. The Morgan fingerprint density at radius 2 is 1.81 bits per heavy atom. The molecule has 0 heterocycles. The lowest BCUT2D eigenvalue weighted by Crippen LogP contribution is -2.38. The van der Waals surface area contributed by atoms with Crippen LogP contribution in [0, 0.1) is 0 Å². The number of thioether (sulfide) groups is 1. The SMILES string of the molecule is CC(C)(C)OC1CCCC/C=C/C1OC(=O)SC(C)(C)C. The number of carbonyl (C=O) groups excluding carboxylic acids is 1. The van der Waals surface area contributed by atoms with Gasteiger partial charge in [0.25, 0.3) is 0 Å². The summed E-state index contributed by atoms with van der Waals surface area (Å²) in [7, 11) is 0. The van der Waals surface area contributed by atoms with E-state index < -0.39 is 0 Å². The molecule has 122 valence electrons. The van der Waals surface area contributed by atoms with E-state index in [0.717, 1.165) is 25.7 Å². The molecule has 0 saturated carbocycles. The molecule has 1 rings (SSSR count). The van der Waals surface area contributed by atoms with Crippen LogP contribution in [0.2, 0.25) is 0 Å². The maximum atomic E-state index is 12.1. The van der Waals surface area contributed by atoms with Crippen LogP contribution in [0.5, 0.6) is 0 Å². The molecule has 0 aromatic rings. The van der Waals surface area contributed by atoms with E-state index in [-0.39, 0.29) is 27.9 Å². The van der Waals surface area contributed by atoms with E-state index >= 15 is 0 Å². The zero-order valence-electron chi connectivity index (χ0n) is 14.3. The fourth-order valence-corrected chi connectivity index (χ4v) is 2.87. The van der Waals surface area contributed by atoms with Gasteiger partial charge in [0.05, 0.1) is 11.7 Å². The Morgan fingerprint density at radius 1 is 1.14 bits per heavy atom. The number of hydrogen-bond acceptors (Lipinski definition) is 4. The number of rotatable bonds is 2. The molecular formula is C17H30O3S. The zero-order valence-corrected chi connectivity index (χ0v) is 15.1. The van der Waals surface area contributed by atoms with Crippen molar-refractivity contribution in [1.29, 1.82) is 0 Å². The molecule has 0 amide bonds.